The van der Waals surface area contributed by atoms with Gasteiger partial charge in [0, 0.05) is 24.3 Å². The highest BCUT2D eigenvalue weighted by molar-refractivity contribution is 5.60. The fourth-order valence-electron chi connectivity index (χ4n) is 2.20. The maximum Gasteiger partial charge on any atom is 0.287 e. The Morgan fingerprint density at radius 1 is 1.53 bits per heavy atom. The molecule has 1 aliphatic carbocycles. The van der Waals surface area contributed by atoms with Crippen molar-refractivity contribution in [2.45, 2.75) is 32.7 Å². The molecule has 1 aromatic rings. The van der Waals surface area contributed by atoms with Crippen molar-refractivity contribution in [3.8, 4) is 6.07 Å². The summed E-state index contributed by atoms with van der Waals surface area (Å²) in [6.45, 7) is 5.20. The second-order valence-corrected chi connectivity index (χ2v) is 5.35. The Morgan fingerprint density at radius 3 is 2.68 bits per heavy atom. The van der Waals surface area contributed by atoms with E-state index in [0.717, 1.165) is 25.1 Å². The molecule has 2 rings (SSSR count). The van der Waals surface area contributed by atoms with E-state index in [1.807, 2.05) is 6.07 Å². The van der Waals surface area contributed by atoms with E-state index >= 15 is 0 Å². The Bertz CT molecular complexity index is 530. The topological polar surface area (TPSA) is 70.2 Å². The Balaban J connectivity index is 2.33. The highest BCUT2D eigenvalue weighted by Crippen LogP contribution is 2.34. The highest BCUT2D eigenvalue weighted by Gasteiger charge is 2.30. The van der Waals surface area contributed by atoms with Crippen LogP contribution in [0.15, 0.2) is 18.2 Å². The van der Waals surface area contributed by atoms with Gasteiger partial charge in [0.25, 0.3) is 5.69 Å². The van der Waals surface area contributed by atoms with Gasteiger partial charge in [0.05, 0.1) is 4.92 Å². The van der Waals surface area contributed by atoms with Crippen LogP contribution in [0.2, 0.25) is 0 Å². The van der Waals surface area contributed by atoms with E-state index in [1.54, 1.807) is 12.1 Å². The molecule has 0 N–H and O–H groups in total. The molecule has 1 fully saturated rings. The van der Waals surface area contributed by atoms with Gasteiger partial charge in [-0.25, -0.2) is 0 Å². The first kappa shape index (κ1) is 13.3. The second kappa shape index (κ2) is 5.27. The molecule has 0 aromatic heterocycles. The summed E-state index contributed by atoms with van der Waals surface area (Å²) in [7, 11) is 0. The first-order chi connectivity index (χ1) is 9.02. The van der Waals surface area contributed by atoms with Crippen LogP contribution >= 0.6 is 0 Å². The summed E-state index contributed by atoms with van der Waals surface area (Å²) in [6.07, 6.45) is 2.32. The van der Waals surface area contributed by atoms with Crippen molar-refractivity contribution in [1.29, 1.82) is 5.26 Å². The largest absolute Gasteiger partial charge is 0.368 e. The van der Waals surface area contributed by atoms with Gasteiger partial charge in [0.1, 0.15) is 11.6 Å². The van der Waals surface area contributed by atoms with Gasteiger partial charge < -0.3 is 4.90 Å². The second-order valence-electron chi connectivity index (χ2n) is 5.35. The Morgan fingerprint density at radius 2 is 2.21 bits per heavy atom. The fraction of sp³-hybridized carbons (Fsp3) is 0.500. The van der Waals surface area contributed by atoms with Crippen LogP contribution in [-0.4, -0.2) is 17.5 Å². The van der Waals surface area contributed by atoms with Gasteiger partial charge in [0.15, 0.2) is 0 Å². The van der Waals surface area contributed by atoms with Crippen molar-refractivity contribution in [2.24, 2.45) is 5.92 Å². The lowest BCUT2D eigenvalue weighted by Gasteiger charge is -2.26. The van der Waals surface area contributed by atoms with Crippen LogP contribution in [0.25, 0.3) is 0 Å². The molecule has 0 unspecified atom stereocenters. The van der Waals surface area contributed by atoms with Gasteiger partial charge >= 0.3 is 0 Å². The number of nitriles is 1. The number of nitrogens with zero attached hydrogens (tertiary/aromatic N) is 3. The monoisotopic (exact) mass is 259 g/mol. The maximum absolute atomic E-state index is 10.8. The summed E-state index contributed by atoms with van der Waals surface area (Å²) in [4.78, 5) is 12.6. The zero-order valence-corrected chi connectivity index (χ0v) is 11.2. The van der Waals surface area contributed by atoms with E-state index in [-0.39, 0.29) is 11.3 Å². The molecule has 1 saturated carbocycles. The molecule has 0 saturated heterocycles. The highest BCUT2D eigenvalue weighted by atomic mass is 16.6. The molecule has 1 aromatic carbocycles. The van der Waals surface area contributed by atoms with Gasteiger partial charge in [0.2, 0.25) is 0 Å². The molecule has 5 nitrogen and oxygen atoms in total. The summed E-state index contributed by atoms with van der Waals surface area (Å²) in [6, 6.07) is 7.26. The van der Waals surface area contributed by atoms with E-state index in [1.165, 1.54) is 6.07 Å². The molecule has 1 aliphatic rings. The van der Waals surface area contributed by atoms with Gasteiger partial charge in [-0.15, -0.1) is 0 Å². The quantitative estimate of drug-likeness (QED) is 0.601. The molecular formula is C14H17N3O2. The van der Waals surface area contributed by atoms with Crippen molar-refractivity contribution in [3.05, 3.63) is 33.9 Å². The molecule has 100 valence electrons. The third-order valence-electron chi connectivity index (χ3n) is 3.18. The van der Waals surface area contributed by atoms with E-state index in [4.69, 9.17) is 5.26 Å². The number of anilines is 1. The third kappa shape index (κ3) is 3.02. The van der Waals surface area contributed by atoms with E-state index < -0.39 is 4.92 Å². The first-order valence-electron chi connectivity index (χ1n) is 6.48. The molecule has 0 spiro atoms. The molecule has 0 atom stereocenters. The Kier molecular flexibility index (Phi) is 3.70. The van der Waals surface area contributed by atoms with Crippen LogP contribution in [0.4, 0.5) is 11.4 Å². The van der Waals surface area contributed by atoms with Gasteiger partial charge in [-0.05, 0) is 30.9 Å². The third-order valence-corrected chi connectivity index (χ3v) is 3.18. The number of hydrogen-bond acceptors (Lipinski definition) is 4. The number of rotatable bonds is 5. The zero-order valence-electron chi connectivity index (χ0n) is 11.2. The Hall–Kier alpha value is -2.09. The van der Waals surface area contributed by atoms with Crippen molar-refractivity contribution in [1.82, 2.24) is 0 Å². The van der Waals surface area contributed by atoms with Crippen molar-refractivity contribution < 1.29 is 4.92 Å². The number of benzene rings is 1. The van der Waals surface area contributed by atoms with Gasteiger partial charge in [-0.1, -0.05) is 13.8 Å². The normalized spacial score (nSPS) is 14.2. The summed E-state index contributed by atoms with van der Waals surface area (Å²) < 4.78 is 0. The lowest BCUT2D eigenvalue weighted by Crippen LogP contribution is -2.29. The SMILES string of the molecule is CC(C)CN(c1ccc([N+](=O)[O-])c(C#N)c1)C1CC1. The van der Waals surface area contributed by atoms with Gasteiger partial charge in [-0.2, -0.15) is 5.26 Å². The molecule has 0 aliphatic heterocycles. The molecular weight excluding hydrogens is 242 g/mol. The molecule has 0 bridgehead atoms. The minimum atomic E-state index is -0.508. The molecule has 0 amide bonds. The van der Waals surface area contributed by atoms with Crippen molar-refractivity contribution >= 4 is 11.4 Å². The molecule has 0 heterocycles. The van der Waals surface area contributed by atoms with E-state index in [0.29, 0.717) is 12.0 Å². The lowest BCUT2D eigenvalue weighted by atomic mass is 10.1. The van der Waals surface area contributed by atoms with Crippen molar-refractivity contribution in [3.63, 3.8) is 0 Å². The summed E-state index contributed by atoms with van der Waals surface area (Å²) in [5.41, 5.74) is 0.932. The minimum absolute atomic E-state index is 0.119. The van der Waals surface area contributed by atoms with Crippen LogP contribution in [-0.2, 0) is 0 Å². The maximum atomic E-state index is 10.8. The predicted octanol–water partition coefficient (Wildman–Crippen LogP) is 3.09. The predicted molar refractivity (Wildman–Crippen MR) is 73.0 cm³/mol. The van der Waals surface area contributed by atoms with E-state index in [2.05, 4.69) is 18.7 Å². The first-order valence-corrected chi connectivity index (χ1v) is 6.48. The average Bonchev–Trinajstić information content (AvgIpc) is 3.19. The van der Waals surface area contributed by atoms with Crippen LogP contribution in [0.5, 0.6) is 0 Å². The van der Waals surface area contributed by atoms with Crippen LogP contribution in [0.1, 0.15) is 32.3 Å². The number of nitro groups is 1. The molecule has 0 radical (unpaired) electrons. The minimum Gasteiger partial charge on any atom is -0.368 e. The standard InChI is InChI=1S/C14H17N3O2/c1-10(2)9-16(12-3-4-12)13-5-6-14(17(18)19)11(7-13)8-15/h5-7,10,12H,3-4,9H2,1-2H3. The summed E-state index contributed by atoms with van der Waals surface area (Å²) >= 11 is 0. The van der Waals surface area contributed by atoms with Crippen LogP contribution in [0.3, 0.4) is 0 Å². The number of hydrogen-bond donors (Lipinski definition) is 0. The molecule has 19 heavy (non-hydrogen) atoms. The van der Waals surface area contributed by atoms with E-state index in [9.17, 15) is 10.1 Å². The average molecular weight is 259 g/mol. The fourth-order valence-corrected chi connectivity index (χ4v) is 2.20. The smallest absolute Gasteiger partial charge is 0.287 e. The van der Waals surface area contributed by atoms with Crippen LogP contribution < -0.4 is 4.90 Å². The molecule has 5 heteroatoms. The Labute approximate surface area is 112 Å². The summed E-state index contributed by atoms with van der Waals surface area (Å²) in [5.74, 6) is 0.515. The van der Waals surface area contributed by atoms with Crippen LogP contribution in [0, 0.1) is 27.4 Å². The number of nitro benzene ring substituents is 1. The summed E-state index contributed by atoms with van der Waals surface area (Å²) in [5, 5.41) is 19.9. The zero-order chi connectivity index (χ0) is 14.0. The van der Waals surface area contributed by atoms with Gasteiger partial charge in [-0.3, -0.25) is 10.1 Å². The lowest BCUT2D eigenvalue weighted by molar-refractivity contribution is -0.385. The van der Waals surface area contributed by atoms with Crippen molar-refractivity contribution in [2.75, 3.05) is 11.4 Å².